The van der Waals surface area contributed by atoms with Crippen molar-refractivity contribution >= 4 is 11.8 Å². The summed E-state index contributed by atoms with van der Waals surface area (Å²) in [4.78, 5) is 23.3. The van der Waals surface area contributed by atoms with Gasteiger partial charge < -0.3 is 15.7 Å². The van der Waals surface area contributed by atoms with Gasteiger partial charge in [0.2, 0.25) is 11.8 Å². The zero-order valence-corrected chi connectivity index (χ0v) is 11.2. The lowest BCUT2D eigenvalue weighted by Crippen LogP contribution is -2.44. The topological polar surface area (TPSA) is 78.4 Å². The molecule has 1 aliphatic carbocycles. The third kappa shape index (κ3) is 4.64. The number of nitrogens with one attached hydrogen (secondary N) is 2. The highest BCUT2D eigenvalue weighted by Crippen LogP contribution is 2.24. The van der Waals surface area contributed by atoms with Crippen LogP contribution in [0.2, 0.25) is 0 Å². The Bertz CT molecular complexity index is 288. The fourth-order valence-electron chi connectivity index (χ4n) is 2.11. The maximum Gasteiger partial charge on any atom is 0.239 e. The summed E-state index contributed by atoms with van der Waals surface area (Å²) in [5.74, 6) is -0.106. The number of hydrogen-bond acceptors (Lipinski definition) is 3. The molecule has 0 aromatic heterocycles. The first-order chi connectivity index (χ1) is 8.54. The molecular weight excluding hydrogens is 232 g/mol. The van der Waals surface area contributed by atoms with Crippen molar-refractivity contribution < 1.29 is 14.7 Å². The zero-order chi connectivity index (χ0) is 13.5. The summed E-state index contributed by atoms with van der Waals surface area (Å²) < 4.78 is 0. The van der Waals surface area contributed by atoms with Crippen molar-refractivity contribution in [3.8, 4) is 0 Å². The van der Waals surface area contributed by atoms with E-state index in [1.807, 2.05) is 13.8 Å². The smallest absolute Gasteiger partial charge is 0.239 e. The summed E-state index contributed by atoms with van der Waals surface area (Å²) in [7, 11) is 0. The SMILES string of the molecule is CC(CO)C(C)NC(=O)CNC(=O)C1CCCC1. The fraction of sp³-hybridized carbons (Fsp3) is 0.846. The van der Waals surface area contributed by atoms with Gasteiger partial charge in [-0.2, -0.15) is 0 Å². The van der Waals surface area contributed by atoms with Gasteiger partial charge >= 0.3 is 0 Å². The molecule has 5 nitrogen and oxygen atoms in total. The van der Waals surface area contributed by atoms with Crippen molar-refractivity contribution in [3.63, 3.8) is 0 Å². The van der Waals surface area contributed by atoms with Crippen molar-refractivity contribution in [2.24, 2.45) is 11.8 Å². The number of rotatable bonds is 6. The molecule has 1 aliphatic rings. The minimum Gasteiger partial charge on any atom is -0.396 e. The van der Waals surface area contributed by atoms with Crippen LogP contribution < -0.4 is 10.6 Å². The first-order valence-corrected chi connectivity index (χ1v) is 6.72. The fourth-order valence-corrected chi connectivity index (χ4v) is 2.11. The van der Waals surface area contributed by atoms with E-state index in [2.05, 4.69) is 10.6 Å². The van der Waals surface area contributed by atoms with Crippen molar-refractivity contribution in [2.45, 2.75) is 45.6 Å². The number of aliphatic hydroxyl groups is 1. The number of hydrogen-bond donors (Lipinski definition) is 3. The van der Waals surface area contributed by atoms with Gasteiger partial charge in [0.15, 0.2) is 0 Å². The zero-order valence-electron chi connectivity index (χ0n) is 11.2. The van der Waals surface area contributed by atoms with E-state index in [9.17, 15) is 9.59 Å². The Morgan fingerprint density at radius 1 is 1.28 bits per heavy atom. The van der Waals surface area contributed by atoms with Crippen LogP contribution >= 0.6 is 0 Å². The predicted octanol–water partition coefficient (Wildman–Crippen LogP) is 0.426. The highest BCUT2D eigenvalue weighted by Gasteiger charge is 2.23. The summed E-state index contributed by atoms with van der Waals surface area (Å²) in [5.41, 5.74) is 0. The van der Waals surface area contributed by atoms with E-state index in [4.69, 9.17) is 5.11 Å². The molecule has 0 aromatic carbocycles. The first kappa shape index (κ1) is 15.0. The van der Waals surface area contributed by atoms with E-state index in [1.165, 1.54) is 0 Å². The Morgan fingerprint density at radius 3 is 2.44 bits per heavy atom. The molecule has 1 rings (SSSR count). The van der Waals surface area contributed by atoms with Crippen LogP contribution in [0.5, 0.6) is 0 Å². The molecule has 0 heterocycles. The van der Waals surface area contributed by atoms with E-state index in [-0.39, 0.29) is 42.8 Å². The number of amides is 2. The summed E-state index contributed by atoms with van der Waals surface area (Å²) >= 11 is 0. The molecule has 2 atom stereocenters. The van der Waals surface area contributed by atoms with Gasteiger partial charge in [-0.15, -0.1) is 0 Å². The lowest BCUT2D eigenvalue weighted by Gasteiger charge is -2.19. The molecule has 0 radical (unpaired) electrons. The van der Waals surface area contributed by atoms with E-state index in [1.54, 1.807) is 0 Å². The molecule has 0 saturated heterocycles. The second-order valence-corrected chi connectivity index (χ2v) is 5.22. The molecule has 0 spiro atoms. The van der Waals surface area contributed by atoms with E-state index >= 15 is 0 Å². The number of carbonyl (C=O) groups excluding carboxylic acids is 2. The van der Waals surface area contributed by atoms with Crippen LogP contribution in [0.4, 0.5) is 0 Å². The number of carbonyl (C=O) groups is 2. The molecule has 2 amide bonds. The maximum atomic E-state index is 11.7. The average Bonchev–Trinajstić information content (AvgIpc) is 2.88. The van der Waals surface area contributed by atoms with Gasteiger partial charge in [0.05, 0.1) is 6.54 Å². The lowest BCUT2D eigenvalue weighted by molar-refractivity contribution is -0.128. The van der Waals surface area contributed by atoms with Gasteiger partial charge in [0.25, 0.3) is 0 Å². The first-order valence-electron chi connectivity index (χ1n) is 6.72. The molecule has 1 saturated carbocycles. The van der Waals surface area contributed by atoms with Crippen molar-refractivity contribution in [3.05, 3.63) is 0 Å². The Morgan fingerprint density at radius 2 is 1.89 bits per heavy atom. The summed E-state index contributed by atoms with van der Waals surface area (Å²) in [6.45, 7) is 3.77. The quantitative estimate of drug-likeness (QED) is 0.644. The van der Waals surface area contributed by atoms with Gasteiger partial charge in [0.1, 0.15) is 0 Å². The summed E-state index contributed by atoms with van der Waals surface area (Å²) in [6, 6.07) is -0.0918. The Labute approximate surface area is 108 Å². The Kier molecular flexibility index (Phi) is 6.12. The molecule has 2 unspecified atom stereocenters. The van der Waals surface area contributed by atoms with E-state index in [0.717, 1.165) is 25.7 Å². The van der Waals surface area contributed by atoms with Crippen LogP contribution in [0.25, 0.3) is 0 Å². The van der Waals surface area contributed by atoms with Crippen LogP contribution in [-0.4, -0.2) is 36.1 Å². The minimum atomic E-state index is -0.200. The van der Waals surface area contributed by atoms with Crippen LogP contribution in [-0.2, 0) is 9.59 Å². The monoisotopic (exact) mass is 256 g/mol. The van der Waals surface area contributed by atoms with Gasteiger partial charge in [0, 0.05) is 18.6 Å². The van der Waals surface area contributed by atoms with Crippen molar-refractivity contribution in [2.75, 3.05) is 13.2 Å². The van der Waals surface area contributed by atoms with Crippen LogP contribution in [0.1, 0.15) is 39.5 Å². The minimum absolute atomic E-state index is 0.00879. The van der Waals surface area contributed by atoms with Crippen LogP contribution in [0, 0.1) is 11.8 Å². The molecular formula is C13H24N2O3. The molecule has 104 valence electrons. The summed E-state index contributed by atoms with van der Waals surface area (Å²) in [5, 5.41) is 14.4. The molecule has 1 fully saturated rings. The highest BCUT2D eigenvalue weighted by molar-refractivity contribution is 5.86. The van der Waals surface area contributed by atoms with Gasteiger partial charge in [-0.05, 0) is 25.7 Å². The van der Waals surface area contributed by atoms with Gasteiger partial charge in [-0.1, -0.05) is 19.8 Å². The summed E-state index contributed by atoms with van der Waals surface area (Å²) in [6.07, 6.45) is 4.08. The van der Waals surface area contributed by atoms with Gasteiger partial charge in [-0.3, -0.25) is 9.59 Å². The molecule has 0 bridgehead atoms. The van der Waals surface area contributed by atoms with Crippen LogP contribution in [0.3, 0.4) is 0 Å². The molecule has 0 aromatic rings. The van der Waals surface area contributed by atoms with Gasteiger partial charge in [-0.25, -0.2) is 0 Å². The number of aliphatic hydroxyl groups excluding tert-OH is 1. The van der Waals surface area contributed by atoms with Crippen molar-refractivity contribution in [1.29, 1.82) is 0 Å². The molecule has 18 heavy (non-hydrogen) atoms. The third-order valence-electron chi connectivity index (χ3n) is 3.68. The standard InChI is InChI=1S/C13H24N2O3/c1-9(8-16)10(2)15-12(17)7-14-13(18)11-5-3-4-6-11/h9-11,16H,3-8H2,1-2H3,(H,14,18)(H,15,17). The van der Waals surface area contributed by atoms with E-state index < -0.39 is 0 Å². The second-order valence-electron chi connectivity index (χ2n) is 5.22. The normalized spacial score (nSPS) is 19.3. The molecule has 5 heteroatoms. The third-order valence-corrected chi connectivity index (χ3v) is 3.68. The van der Waals surface area contributed by atoms with Crippen molar-refractivity contribution in [1.82, 2.24) is 10.6 Å². The molecule has 0 aliphatic heterocycles. The van der Waals surface area contributed by atoms with Crippen LogP contribution in [0.15, 0.2) is 0 Å². The lowest BCUT2D eigenvalue weighted by atomic mass is 10.1. The highest BCUT2D eigenvalue weighted by atomic mass is 16.3. The largest absolute Gasteiger partial charge is 0.396 e. The average molecular weight is 256 g/mol. The Hall–Kier alpha value is -1.10. The Balaban J connectivity index is 2.22. The molecule has 3 N–H and O–H groups in total. The predicted molar refractivity (Wildman–Crippen MR) is 68.8 cm³/mol. The van der Waals surface area contributed by atoms with E-state index in [0.29, 0.717) is 0 Å². The second kappa shape index (κ2) is 7.36. The maximum absolute atomic E-state index is 11.7.